The summed E-state index contributed by atoms with van der Waals surface area (Å²) < 4.78 is 16.9. The van der Waals surface area contributed by atoms with E-state index < -0.39 is 6.10 Å². The van der Waals surface area contributed by atoms with E-state index >= 15 is 0 Å². The molecule has 2 atom stereocenters. The number of fused-ring (bicyclic) bond motifs is 1. The summed E-state index contributed by atoms with van der Waals surface area (Å²) in [5.41, 5.74) is 5.14. The highest BCUT2D eigenvalue weighted by Gasteiger charge is 2.28. The molecular weight excluding hydrogens is 490 g/mol. The summed E-state index contributed by atoms with van der Waals surface area (Å²) >= 11 is 0. The molecule has 0 saturated carbocycles. The lowest BCUT2D eigenvalue weighted by molar-refractivity contribution is -0.143. The van der Waals surface area contributed by atoms with Crippen molar-refractivity contribution in [2.45, 2.75) is 97.3 Å². The Balaban J connectivity index is 1.47. The number of benzene rings is 2. The minimum absolute atomic E-state index is 0.0676. The molecule has 39 heavy (non-hydrogen) atoms. The molecule has 1 unspecified atom stereocenters. The molecule has 0 radical (unpaired) electrons. The monoisotopic (exact) mass is 539 g/mol. The highest BCUT2D eigenvalue weighted by molar-refractivity contribution is 5.69. The number of carbonyl (C=O) groups excluding carboxylic acids is 1. The summed E-state index contributed by atoms with van der Waals surface area (Å²) in [6.45, 7) is 12.0. The van der Waals surface area contributed by atoms with Crippen LogP contribution < -0.4 is 10.1 Å². The minimum atomic E-state index is -0.601. The largest absolute Gasteiger partial charge is 0.494 e. The summed E-state index contributed by atoms with van der Waals surface area (Å²) in [6.07, 6.45) is 5.50. The second-order valence-corrected chi connectivity index (χ2v) is 11.4. The fourth-order valence-corrected chi connectivity index (χ4v) is 5.64. The number of aryl methyl sites for hydroxylation is 1. The van der Waals surface area contributed by atoms with Crippen LogP contribution in [0, 0.1) is 5.92 Å². The number of carbonyl (C=O) groups is 1. The molecule has 2 aromatic rings. The van der Waals surface area contributed by atoms with Crippen LogP contribution in [0.5, 0.6) is 5.75 Å². The topological polar surface area (TPSA) is 77.0 Å². The Labute approximate surface area is 235 Å². The fraction of sp³-hybridized carbons (Fsp3) is 0.606. The number of unbranched alkanes of at least 4 members (excludes halogenated alkanes) is 1. The van der Waals surface area contributed by atoms with Crippen molar-refractivity contribution in [3.05, 3.63) is 64.7 Å². The third-order valence-corrected chi connectivity index (χ3v) is 7.54. The summed E-state index contributed by atoms with van der Waals surface area (Å²) in [4.78, 5) is 11.7. The van der Waals surface area contributed by atoms with Crippen molar-refractivity contribution in [1.29, 1.82) is 0 Å². The van der Waals surface area contributed by atoms with Gasteiger partial charge in [-0.2, -0.15) is 0 Å². The number of β-amino-alcohol motifs (C(OH)–C–C–N with tert-alkyl or cyclic N) is 1. The van der Waals surface area contributed by atoms with E-state index in [0.717, 1.165) is 49.8 Å². The quantitative estimate of drug-likeness (QED) is 0.190. The van der Waals surface area contributed by atoms with E-state index in [2.05, 4.69) is 49.5 Å². The Kier molecular flexibility index (Phi) is 12.3. The minimum Gasteiger partial charge on any atom is -0.494 e. The number of aliphatic hydroxyl groups is 1. The Bertz CT molecular complexity index is 1010. The number of esters is 1. The van der Waals surface area contributed by atoms with E-state index in [9.17, 15) is 9.90 Å². The number of aliphatic hydroxyl groups excluding tert-OH is 1. The molecular formula is C33H49NO5. The number of hydrogen-bond donors (Lipinski definition) is 2. The summed E-state index contributed by atoms with van der Waals surface area (Å²) in [5, 5.41) is 14.3. The zero-order valence-electron chi connectivity index (χ0n) is 24.6. The van der Waals surface area contributed by atoms with Gasteiger partial charge in [0.1, 0.15) is 5.75 Å². The summed E-state index contributed by atoms with van der Waals surface area (Å²) in [7, 11) is 0. The predicted octanol–water partition coefficient (Wildman–Crippen LogP) is 5.97. The van der Waals surface area contributed by atoms with Gasteiger partial charge in [0.2, 0.25) is 0 Å². The first-order valence-electron chi connectivity index (χ1n) is 14.7. The average Bonchev–Trinajstić information content (AvgIpc) is 3.31. The number of ether oxygens (including phenoxy) is 3. The molecule has 3 rings (SSSR count). The molecule has 0 amide bonds. The SMILES string of the molecule is CCOC(=O)CCCCc1ccc(OCC)cc1[C@@H](C)OCC(O)CNC(C)(C)CC1Cc2ccccc2C1. The molecule has 0 fully saturated rings. The van der Waals surface area contributed by atoms with Crippen LogP contribution in [0.3, 0.4) is 0 Å². The molecule has 216 valence electrons. The van der Waals surface area contributed by atoms with Gasteiger partial charge in [-0.25, -0.2) is 0 Å². The predicted molar refractivity (Wildman–Crippen MR) is 156 cm³/mol. The third kappa shape index (κ3) is 10.3. The molecule has 0 bridgehead atoms. The number of nitrogens with one attached hydrogen (secondary N) is 1. The van der Waals surface area contributed by atoms with Gasteiger partial charge in [-0.3, -0.25) is 4.79 Å². The van der Waals surface area contributed by atoms with Gasteiger partial charge in [0.05, 0.1) is 32.0 Å². The maximum Gasteiger partial charge on any atom is 0.305 e. The summed E-state index contributed by atoms with van der Waals surface area (Å²) in [5.74, 6) is 1.31. The zero-order chi connectivity index (χ0) is 28.3. The van der Waals surface area contributed by atoms with Crippen LogP contribution in [0.25, 0.3) is 0 Å². The van der Waals surface area contributed by atoms with E-state index in [0.29, 0.717) is 32.1 Å². The van der Waals surface area contributed by atoms with Gasteiger partial charge in [0.25, 0.3) is 0 Å². The summed E-state index contributed by atoms with van der Waals surface area (Å²) in [6, 6.07) is 14.9. The molecule has 0 spiro atoms. The maximum atomic E-state index is 11.7. The van der Waals surface area contributed by atoms with Gasteiger partial charge in [-0.05, 0) is 113 Å². The first-order chi connectivity index (χ1) is 18.7. The van der Waals surface area contributed by atoms with E-state index in [4.69, 9.17) is 14.2 Å². The lowest BCUT2D eigenvalue weighted by atomic mass is 9.88. The van der Waals surface area contributed by atoms with Crippen LogP contribution in [-0.4, -0.2) is 49.1 Å². The van der Waals surface area contributed by atoms with Gasteiger partial charge in [-0.1, -0.05) is 30.3 Å². The van der Waals surface area contributed by atoms with Crippen LogP contribution in [-0.2, 0) is 33.5 Å². The van der Waals surface area contributed by atoms with E-state index in [1.165, 1.54) is 16.7 Å². The normalized spacial score (nSPS) is 15.1. The maximum absolute atomic E-state index is 11.7. The molecule has 6 nitrogen and oxygen atoms in total. The third-order valence-electron chi connectivity index (χ3n) is 7.54. The lowest BCUT2D eigenvalue weighted by Crippen LogP contribution is -2.45. The highest BCUT2D eigenvalue weighted by atomic mass is 16.5. The molecule has 2 N–H and O–H groups in total. The number of rotatable bonds is 17. The van der Waals surface area contributed by atoms with Gasteiger partial charge < -0.3 is 24.6 Å². The van der Waals surface area contributed by atoms with Crippen molar-refractivity contribution >= 4 is 5.97 Å². The molecule has 0 saturated heterocycles. The van der Waals surface area contributed by atoms with Crippen molar-refractivity contribution in [3.63, 3.8) is 0 Å². The average molecular weight is 540 g/mol. The van der Waals surface area contributed by atoms with Crippen LogP contribution in [0.2, 0.25) is 0 Å². The van der Waals surface area contributed by atoms with Crippen LogP contribution in [0.1, 0.15) is 88.7 Å². The van der Waals surface area contributed by atoms with Crippen molar-refractivity contribution in [1.82, 2.24) is 5.32 Å². The molecule has 0 aromatic heterocycles. The lowest BCUT2D eigenvalue weighted by Gasteiger charge is -2.31. The second-order valence-electron chi connectivity index (χ2n) is 11.4. The Morgan fingerprint density at radius 1 is 1.08 bits per heavy atom. The van der Waals surface area contributed by atoms with Crippen molar-refractivity contribution in [2.75, 3.05) is 26.4 Å². The first kappa shape index (κ1) is 31.1. The molecule has 1 aliphatic rings. The molecule has 6 heteroatoms. The van der Waals surface area contributed by atoms with Crippen molar-refractivity contribution < 1.29 is 24.1 Å². The van der Waals surface area contributed by atoms with Crippen LogP contribution in [0.4, 0.5) is 0 Å². The van der Waals surface area contributed by atoms with Gasteiger partial charge in [0.15, 0.2) is 0 Å². The van der Waals surface area contributed by atoms with Gasteiger partial charge in [0, 0.05) is 18.5 Å². The van der Waals surface area contributed by atoms with Gasteiger partial charge in [-0.15, -0.1) is 0 Å². The highest BCUT2D eigenvalue weighted by Crippen LogP contribution is 2.32. The molecule has 2 aromatic carbocycles. The van der Waals surface area contributed by atoms with Crippen LogP contribution in [0.15, 0.2) is 42.5 Å². The van der Waals surface area contributed by atoms with Gasteiger partial charge >= 0.3 is 5.97 Å². The first-order valence-corrected chi connectivity index (χ1v) is 14.7. The second kappa shape index (κ2) is 15.4. The smallest absolute Gasteiger partial charge is 0.305 e. The fourth-order valence-electron chi connectivity index (χ4n) is 5.64. The Morgan fingerprint density at radius 2 is 1.79 bits per heavy atom. The van der Waals surface area contributed by atoms with Crippen molar-refractivity contribution in [2.24, 2.45) is 5.92 Å². The van der Waals surface area contributed by atoms with E-state index in [-0.39, 0.29) is 24.2 Å². The van der Waals surface area contributed by atoms with E-state index in [1.54, 1.807) is 0 Å². The standard InChI is InChI=1S/C33H49NO5/c1-6-37-30-17-16-26(12-10-11-15-32(36)38-7-2)31(20-30)24(3)39-23-29(35)22-34-33(4,5)21-25-18-27-13-8-9-14-28(27)19-25/h8-9,13-14,16-17,20,24-25,29,34-35H,6-7,10-12,15,18-19,21-23H2,1-5H3/t24-,29?/m1/s1. The zero-order valence-corrected chi connectivity index (χ0v) is 24.6. The molecule has 0 heterocycles. The van der Waals surface area contributed by atoms with Crippen molar-refractivity contribution in [3.8, 4) is 5.75 Å². The molecule has 1 aliphatic carbocycles. The Hall–Kier alpha value is -2.41. The molecule has 0 aliphatic heterocycles. The van der Waals surface area contributed by atoms with Crippen LogP contribution >= 0.6 is 0 Å². The van der Waals surface area contributed by atoms with E-state index in [1.807, 2.05) is 32.9 Å². The Morgan fingerprint density at radius 3 is 2.46 bits per heavy atom. The number of hydrogen-bond acceptors (Lipinski definition) is 6.